The SMILES string of the molecule is Cc1cc(CCCCCC(C)(C)C(=O)O)c(C)c(CCCCCC(C)(C)C(=O)O)c1C. The van der Waals surface area contributed by atoms with E-state index in [0.717, 1.165) is 64.2 Å². The van der Waals surface area contributed by atoms with E-state index in [2.05, 4.69) is 26.8 Å². The molecule has 0 aliphatic heterocycles. The van der Waals surface area contributed by atoms with Gasteiger partial charge in [-0.2, -0.15) is 0 Å². The fraction of sp³-hybridized carbons (Fsp3) is 0.704. The van der Waals surface area contributed by atoms with Gasteiger partial charge in [0.25, 0.3) is 0 Å². The molecule has 0 radical (unpaired) electrons. The van der Waals surface area contributed by atoms with Gasteiger partial charge in [-0.1, -0.05) is 31.7 Å². The number of carbonyl (C=O) groups is 2. The summed E-state index contributed by atoms with van der Waals surface area (Å²) >= 11 is 0. The van der Waals surface area contributed by atoms with Crippen LogP contribution in [0.25, 0.3) is 0 Å². The topological polar surface area (TPSA) is 74.6 Å². The Kier molecular flexibility index (Phi) is 10.3. The molecule has 176 valence electrons. The zero-order valence-corrected chi connectivity index (χ0v) is 20.9. The summed E-state index contributed by atoms with van der Waals surface area (Å²) in [6.07, 6.45) is 9.71. The average Bonchev–Trinajstić information content (AvgIpc) is 2.67. The number of rotatable bonds is 14. The van der Waals surface area contributed by atoms with Crippen LogP contribution in [0, 0.1) is 31.6 Å². The molecule has 4 nitrogen and oxygen atoms in total. The van der Waals surface area contributed by atoms with E-state index in [-0.39, 0.29) is 0 Å². The molecule has 0 saturated carbocycles. The van der Waals surface area contributed by atoms with Crippen molar-refractivity contribution in [1.82, 2.24) is 0 Å². The molecule has 1 aromatic rings. The monoisotopic (exact) mass is 432 g/mol. The lowest BCUT2D eigenvalue weighted by molar-refractivity contribution is -0.148. The lowest BCUT2D eigenvalue weighted by Gasteiger charge is -2.20. The number of benzene rings is 1. The van der Waals surface area contributed by atoms with E-state index in [9.17, 15) is 19.8 Å². The van der Waals surface area contributed by atoms with Crippen molar-refractivity contribution in [3.63, 3.8) is 0 Å². The van der Waals surface area contributed by atoms with Crippen LogP contribution in [0.15, 0.2) is 6.07 Å². The molecule has 0 saturated heterocycles. The van der Waals surface area contributed by atoms with E-state index < -0.39 is 22.8 Å². The predicted molar refractivity (Wildman–Crippen MR) is 128 cm³/mol. The second-order valence-electron chi connectivity index (χ2n) is 10.6. The Morgan fingerprint density at radius 3 is 1.61 bits per heavy atom. The molecular weight excluding hydrogens is 388 g/mol. The highest BCUT2D eigenvalue weighted by atomic mass is 16.4. The summed E-state index contributed by atoms with van der Waals surface area (Å²) in [5.41, 5.74) is 5.73. The number of unbranched alkanes of at least 4 members (excludes halogenated alkanes) is 4. The van der Waals surface area contributed by atoms with Gasteiger partial charge < -0.3 is 10.2 Å². The molecule has 0 bridgehead atoms. The van der Waals surface area contributed by atoms with Crippen LogP contribution in [0.5, 0.6) is 0 Å². The van der Waals surface area contributed by atoms with E-state index in [1.807, 2.05) is 0 Å². The van der Waals surface area contributed by atoms with Crippen LogP contribution in [-0.2, 0) is 22.4 Å². The molecule has 0 atom stereocenters. The summed E-state index contributed by atoms with van der Waals surface area (Å²) in [6.45, 7) is 13.8. The fourth-order valence-electron chi connectivity index (χ4n) is 4.14. The first kappa shape index (κ1) is 27.2. The molecule has 0 heterocycles. The number of aryl methyl sites for hydroxylation is 2. The van der Waals surface area contributed by atoms with Gasteiger partial charge in [0.15, 0.2) is 0 Å². The van der Waals surface area contributed by atoms with Gasteiger partial charge in [-0.15, -0.1) is 0 Å². The van der Waals surface area contributed by atoms with Crippen molar-refractivity contribution in [3.05, 3.63) is 33.9 Å². The first-order valence-electron chi connectivity index (χ1n) is 11.8. The number of carboxylic acids is 2. The second kappa shape index (κ2) is 11.7. The van der Waals surface area contributed by atoms with Crippen LogP contribution in [0.4, 0.5) is 0 Å². The molecule has 4 heteroatoms. The van der Waals surface area contributed by atoms with Crippen LogP contribution in [0.2, 0.25) is 0 Å². The summed E-state index contributed by atoms with van der Waals surface area (Å²) < 4.78 is 0. The standard InChI is InChI=1S/C27H44O4/c1-19-18-22(14-10-8-12-16-26(4,5)24(28)29)21(3)23(20(19)2)15-11-9-13-17-27(6,7)25(30)31/h18H,8-17H2,1-7H3,(H,28,29)(H,30,31). The van der Waals surface area contributed by atoms with Crippen LogP contribution in [0.3, 0.4) is 0 Å². The van der Waals surface area contributed by atoms with E-state index in [4.69, 9.17) is 0 Å². The van der Waals surface area contributed by atoms with E-state index in [1.165, 1.54) is 27.8 Å². The lowest BCUT2D eigenvalue weighted by Crippen LogP contribution is -2.23. The Bertz CT molecular complexity index is 759. The molecule has 1 aromatic carbocycles. The highest BCUT2D eigenvalue weighted by Gasteiger charge is 2.26. The molecular formula is C27H44O4. The molecule has 0 fully saturated rings. The Balaban J connectivity index is 2.60. The zero-order chi connectivity index (χ0) is 23.8. The molecule has 0 spiro atoms. The van der Waals surface area contributed by atoms with Gasteiger partial charge in [0.05, 0.1) is 10.8 Å². The molecule has 31 heavy (non-hydrogen) atoms. The van der Waals surface area contributed by atoms with Gasteiger partial charge in [-0.25, -0.2) is 0 Å². The van der Waals surface area contributed by atoms with Crippen LogP contribution < -0.4 is 0 Å². The Labute approximate surface area is 189 Å². The van der Waals surface area contributed by atoms with Crippen molar-refractivity contribution in [3.8, 4) is 0 Å². The first-order valence-corrected chi connectivity index (χ1v) is 11.8. The summed E-state index contributed by atoms with van der Waals surface area (Å²) in [6, 6.07) is 2.32. The number of carboxylic acid groups (broad SMARTS) is 2. The minimum atomic E-state index is -0.714. The Morgan fingerprint density at radius 1 is 0.710 bits per heavy atom. The number of hydrogen-bond acceptors (Lipinski definition) is 2. The van der Waals surface area contributed by atoms with Crippen LogP contribution in [-0.4, -0.2) is 22.2 Å². The van der Waals surface area contributed by atoms with E-state index >= 15 is 0 Å². The molecule has 0 aliphatic carbocycles. The highest BCUT2D eigenvalue weighted by molar-refractivity contribution is 5.73. The smallest absolute Gasteiger partial charge is 0.309 e. The van der Waals surface area contributed by atoms with E-state index in [0.29, 0.717) is 0 Å². The van der Waals surface area contributed by atoms with Gasteiger partial charge in [0, 0.05) is 0 Å². The normalized spacial score (nSPS) is 12.2. The van der Waals surface area contributed by atoms with Gasteiger partial charge in [0.2, 0.25) is 0 Å². The van der Waals surface area contributed by atoms with Crippen molar-refractivity contribution >= 4 is 11.9 Å². The average molecular weight is 433 g/mol. The fourth-order valence-corrected chi connectivity index (χ4v) is 4.14. The Hall–Kier alpha value is -1.84. The molecule has 0 amide bonds. The minimum Gasteiger partial charge on any atom is -0.481 e. The van der Waals surface area contributed by atoms with Crippen molar-refractivity contribution in [2.45, 2.75) is 113 Å². The predicted octanol–water partition coefficient (Wildman–Crippen LogP) is 7.04. The third kappa shape index (κ3) is 8.31. The maximum Gasteiger partial charge on any atom is 0.309 e. The Morgan fingerprint density at radius 2 is 1.16 bits per heavy atom. The zero-order valence-electron chi connectivity index (χ0n) is 20.9. The summed E-state index contributed by atoms with van der Waals surface area (Å²) in [7, 11) is 0. The molecule has 1 rings (SSSR count). The third-order valence-corrected chi connectivity index (χ3v) is 7.00. The van der Waals surface area contributed by atoms with Gasteiger partial charge >= 0.3 is 11.9 Å². The van der Waals surface area contributed by atoms with Crippen LogP contribution >= 0.6 is 0 Å². The molecule has 0 unspecified atom stereocenters. The summed E-state index contributed by atoms with van der Waals surface area (Å²) in [4.78, 5) is 22.5. The second-order valence-corrected chi connectivity index (χ2v) is 10.6. The highest BCUT2D eigenvalue weighted by Crippen LogP contribution is 2.28. The summed E-state index contributed by atoms with van der Waals surface area (Å²) in [5.74, 6) is -1.43. The maximum atomic E-state index is 11.3. The molecule has 0 aliphatic rings. The van der Waals surface area contributed by atoms with Gasteiger partial charge in [-0.05, 0) is 115 Å². The van der Waals surface area contributed by atoms with Crippen molar-refractivity contribution < 1.29 is 19.8 Å². The number of hydrogen-bond donors (Lipinski definition) is 2. The lowest BCUT2D eigenvalue weighted by atomic mass is 9.85. The first-order chi connectivity index (χ1) is 14.3. The largest absolute Gasteiger partial charge is 0.481 e. The third-order valence-electron chi connectivity index (χ3n) is 7.00. The van der Waals surface area contributed by atoms with Gasteiger partial charge in [0.1, 0.15) is 0 Å². The van der Waals surface area contributed by atoms with E-state index in [1.54, 1.807) is 27.7 Å². The molecule has 0 aromatic heterocycles. The van der Waals surface area contributed by atoms with Gasteiger partial charge in [-0.3, -0.25) is 9.59 Å². The summed E-state index contributed by atoms with van der Waals surface area (Å²) in [5, 5.41) is 18.5. The minimum absolute atomic E-state index is 0.636. The van der Waals surface area contributed by atoms with Crippen molar-refractivity contribution in [2.75, 3.05) is 0 Å². The number of aliphatic carboxylic acids is 2. The molecule has 2 N–H and O–H groups in total. The van der Waals surface area contributed by atoms with Crippen LogP contribution in [0.1, 0.15) is 107 Å². The maximum absolute atomic E-state index is 11.3. The van der Waals surface area contributed by atoms with Crippen molar-refractivity contribution in [1.29, 1.82) is 0 Å². The van der Waals surface area contributed by atoms with Crippen molar-refractivity contribution in [2.24, 2.45) is 10.8 Å². The quantitative estimate of drug-likeness (QED) is 0.309.